The second-order valence-electron chi connectivity index (χ2n) is 12.5. The van der Waals surface area contributed by atoms with E-state index in [9.17, 15) is 24.0 Å². The maximum atomic E-state index is 11.7. The zero-order valence-corrected chi connectivity index (χ0v) is 32.8. The molecule has 1 fully saturated rings. The minimum absolute atomic E-state index is 0.0984. The quantitative estimate of drug-likeness (QED) is 0.0661. The van der Waals surface area contributed by atoms with E-state index in [1.165, 1.54) is 19.4 Å². The number of hydrogen-bond acceptors (Lipinski definition) is 15. The third-order valence-corrected chi connectivity index (χ3v) is 7.94. The molecule has 0 bridgehead atoms. The molecule has 2 unspecified atom stereocenters. The normalized spacial score (nSPS) is 12.7. The summed E-state index contributed by atoms with van der Waals surface area (Å²) in [6.45, 7) is 5.09. The van der Waals surface area contributed by atoms with Gasteiger partial charge in [-0.1, -0.05) is 67.1 Å². The number of aliphatic hydroxyl groups is 2. The fourth-order valence-corrected chi connectivity index (χ4v) is 5.19. The maximum Gasteiger partial charge on any atom is 0.508 e. The van der Waals surface area contributed by atoms with E-state index in [0.29, 0.717) is 51.2 Å². The molecule has 15 nitrogen and oxygen atoms in total. The van der Waals surface area contributed by atoms with Crippen LogP contribution in [0, 0.1) is 0 Å². The summed E-state index contributed by atoms with van der Waals surface area (Å²) in [6.07, 6.45) is 5.19. The van der Waals surface area contributed by atoms with Crippen LogP contribution in [-0.4, -0.2) is 107 Å². The number of carbonyl (C=O) groups is 5. The first-order valence-electron chi connectivity index (χ1n) is 19.1. The predicted octanol–water partition coefficient (Wildman–Crippen LogP) is 7.01. The third kappa shape index (κ3) is 27.7. The van der Waals surface area contributed by atoms with Crippen LogP contribution in [0.15, 0.2) is 60.7 Å². The van der Waals surface area contributed by atoms with Crippen LogP contribution in [0.4, 0.5) is 14.4 Å². The Bertz CT molecular complexity index is 1310. The Hall–Kier alpha value is -4.89. The molecular weight excluding hydrogens is 732 g/mol. The van der Waals surface area contributed by atoms with Crippen molar-refractivity contribution in [2.45, 2.75) is 89.9 Å². The van der Waals surface area contributed by atoms with Crippen molar-refractivity contribution >= 4 is 30.4 Å². The van der Waals surface area contributed by atoms with Crippen molar-refractivity contribution in [3.63, 3.8) is 0 Å². The van der Waals surface area contributed by atoms with Crippen molar-refractivity contribution in [1.82, 2.24) is 0 Å². The molecule has 314 valence electrons. The van der Waals surface area contributed by atoms with Crippen LogP contribution in [0.5, 0.6) is 0 Å². The summed E-state index contributed by atoms with van der Waals surface area (Å²) in [5, 5.41) is 17.7. The minimum atomic E-state index is -0.769. The van der Waals surface area contributed by atoms with Gasteiger partial charge in [-0.05, 0) is 61.5 Å². The van der Waals surface area contributed by atoms with E-state index in [-0.39, 0.29) is 70.7 Å². The molecule has 1 aliphatic rings. The van der Waals surface area contributed by atoms with E-state index in [2.05, 4.69) is 21.6 Å². The molecule has 15 heteroatoms. The molecule has 2 aromatic carbocycles. The largest absolute Gasteiger partial charge is 0.508 e. The molecule has 2 N–H and O–H groups in total. The Balaban J connectivity index is 0.000000575. The van der Waals surface area contributed by atoms with Gasteiger partial charge in [-0.25, -0.2) is 14.4 Å². The summed E-state index contributed by atoms with van der Waals surface area (Å²) in [5.41, 5.74) is 2.39. The SMILES string of the molecule is CC(=O)OCCCOC(=O)OCCCC(CCOC(=O)OCCCOC(C)=O)c1ccccc1.O=C1OCCCO1.OCCCCC(CCO)c1ccccc1. The molecule has 56 heavy (non-hydrogen) atoms. The predicted molar refractivity (Wildman–Crippen MR) is 204 cm³/mol. The van der Waals surface area contributed by atoms with Gasteiger partial charge in [0.25, 0.3) is 0 Å². The lowest BCUT2D eigenvalue weighted by molar-refractivity contribution is -0.142. The Kier molecular flexibility index (Phi) is 29.3. The summed E-state index contributed by atoms with van der Waals surface area (Å²) in [4.78, 5) is 54.7. The molecule has 0 aliphatic carbocycles. The summed E-state index contributed by atoms with van der Waals surface area (Å²) in [5.74, 6) is -0.230. The van der Waals surface area contributed by atoms with Crippen LogP contribution in [0.1, 0.15) is 101 Å². The lowest BCUT2D eigenvalue weighted by Crippen LogP contribution is -2.16. The topological polar surface area (TPSA) is 200 Å². The van der Waals surface area contributed by atoms with Crippen molar-refractivity contribution in [1.29, 1.82) is 0 Å². The average molecular weight is 793 g/mol. The molecule has 0 saturated carbocycles. The number of benzene rings is 2. The van der Waals surface area contributed by atoms with Crippen LogP contribution in [0.2, 0.25) is 0 Å². The van der Waals surface area contributed by atoms with Crippen molar-refractivity contribution in [3.05, 3.63) is 71.8 Å². The van der Waals surface area contributed by atoms with Crippen LogP contribution < -0.4 is 0 Å². The Labute approximate surface area is 329 Å². The van der Waals surface area contributed by atoms with Gasteiger partial charge in [-0.2, -0.15) is 0 Å². The first kappa shape index (κ1) is 49.1. The molecule has 1 saturated heterocycles. The molecule has 2 aromatic rings. The molecule has 0 spiro atoms. The molecule has 3 rings (SSSR count). The van der Waals surface area contributed by atoms with Crippen molar-refractivity contribution < 1.29 is 72.1 Å². The van der Waals surface area contributed by atoms with E-state index >= 15 is 0 Å². The van der Waals surface area contributed by atoms with Gasteiger partial charge in [0.1, 0.15) is 0 Å². The van der Waals surface area contributed by atoms with Crippen LogP contribution >= 0.6 is 0 Å². The molecule has 0 radical (unpaired) electrons. The lowest BCUT2D eigenvalue weighted by Gasteiger charge is -2.17. The van der Waals surface area contributed by atoms with Gasteiger partial charge in [0.2, 0.25) is 0 Å². The number of aliphatic hydroxyl groups excluding tert-OH is 2. The van der Waals surface area contributed by atoms with Gasteiger partial charge in [-0.3, -0.25) is 9.59 Å². The van der Waals surface area contributed by atoms with E-state index < -0.39 is 18.5 Å². The highest BCUT2D eigenvalue weighted by Crippen LogP contribution is 2.26. The van der Waals surface area contributed by atoms with Gasteiger partial charge in [0, 0.05) is 46.3 Å². The monoisotopic (exact) mass is 792 g/mol. The summed E-state index contributed by atoms with van der Waals surface area (Å²) < 4.78 is 38.4. The zero-order chi connectivity index (χ0) is 41.1. The van der Waals surface area contributed by atoms with E-state index in [4.69, 9.17) is 38.6 Å². The van der Waals surface area contributed by atoms with Gasteiger partial charge in [0.05, 0.1) is 52.9 Å². The fourth-order valence-electron chi connectivity index (χ4n) is 5.19. The van der Waals surface area contributed by atoms with Crippen LogP contribution in [0.3, 0.4) is 0 Å². The maximum absolute atomic E-state index is 11.7. The van der Waals surface area contributed by atoms with E-state index in [1.54, 1.807) is 0 Å². The molecule has 1 aliphatic heterocycles. The van der Waals surface area contributed by atoms with Crippen LogP contribution in [-0.2, 0) is 47.5 Å². The highest BCUT2D eigenvalue weighted by molar-refractivity contribution is 5.66. The average Bonchev–Trinajstić information content (AvgIpc) is 3.19. The Morgan fingerprint density at radius 1 is 0.536 bits per heavy atom. The third-order valence-electron chi connectivity index (χ3n) is 7.94. The Morgan fingerprint density at radius 3 is 1.39 bits per heavy atom. The number of esters is 2. The fraction of sp³-hybridized carbons (Fsp3) is 0.585. The second kappa shape index (κ2) is 33.4. The number of hydrogen-bond donors (Lipinski definition) is 2. The standard InChI is InChI=1S/C24H34O10.C13H20O2.C4H6O3/c1-19(25)29-14-7-16-32-23(27)31-13-6-11-22(21-9-4-3-5-10-21)12-18-34-24(28)33-17-8-15-30-20(2)26;14-10-5-4-8-13(9-11-15)12-6-2-1-3-7-12;5-4-6-2-1-3-7-4/h3-5,9-10,22H,6-8,11-18H2,1-2H3;1-3,6-7,13-15H,4-5,8-11H2;1-3H2. The zero-order valence-electron chi connectivity index (χ0n) is 32.8. The number of carbonyl (C=O) groups excluding carboxylic acids is 5. The van der Waals surface area contributed by atoms with Crippen molar-refractivity contribution in [2.24, 2.45) is 0 Å². The summed E-state index contributed by atoms with van der Waals surface area (Å²) in [6, 6.07) is 20.1. The number of ether oxygens (including phenoxy) is 8. The Morgan fingerprint density at radius 2 is 0.964 bits per heavy atom. The number of unbranched alkanes of at least 4 members (excludes halogenated alkanes) is 1. The molecular formula is C41H60O15. The molecule has 2 atom stereocenters. The highest BCUT2D eigenvalue weighted by Gasteiger charge is 2.15. The minimum Gasteiger partial charge on any atom is -0.466 e. The van der Waals surface area contributed by atoms with Crippen molar-refractivity contribution in [3.8, 4) is 0 Å². The number of rotatable bonds is 23. The van der Waals surface area contributed by atoms with Gasteiger partial charge >= 0.3 is 30.4 Å². The van der Waals surface area contributed by atoms with Gasteiger partial charge in [0.15, 0.2) is 0 Å². The first-order chi connectivity index (χ1) is 27.2. The van der Waals surface area contributed by atoms with Crippen LogP contribution in [0.25, 0.3) is 0 Å². The smallest absolute Gasteiger partial charge is 0.466 e. The van der Waals surface area contributed by atoms with Crippen molar-refractivity contribution in [2.75, 3.05) is 66.1 Å². The molecule has 1 heterocycles. The summed E-state index contributed by atoms with van der Waals surface area (Å²) in [7, 11) is 0. The van der Waals surface area contributed by atoms with E-state index in [1.807, 2.05) is 48.5 Å². The lowest BCUT2D eigenvalue weighted by atomic mass is 9.91. The van der Waals surface area contributed by atoms with E-state index in [0.717, 1.165) is 37.7 Å². The summed E-state index contributed by atoms with van der Waals surface area (Å²) >= 11 is 0. The number of cyclic esters (lactones) is 2. The highest BCUT2D eigenvalue weighted by atomic mass is 16.7. The van der Waals surface area contributed by atoms with Gasteiger partial charge < -0.3 is 48.1 Å². The first-order valence-corrected chi connectivity index (χ1v) is 19.1. The van der Waals surface area contributed by atoms with Gasteiger partial charge in [-0.15, -0.1) is 0 Å². The molecule has 0 amide bonds. The molecule has 0 aromatic heterocycles. The second-order valence-corrected chi connectivity index (χ2v) is 12.5.